The number of sulfone groups is 1. The Balaban J connectivity index is 2.03. The van der Waals surface area contributed by atoms with Gasteiger partial charge >= 0.3 is 0 Å². The summed E-state index contributed by atoms with van der Waals surface area (Å²) < 4.78 is 23.2. The van der Waals surface area contributed by atoms with Crippen molar-refractivity contribution in [3.05, 3.63) is 59.7 Å². The minimum absolute atomic E-state index is 0.0497. The molecule has 0 aliphatic rings. The highest BCUT2D eigenvalue weighted by molar-refractivity contribution is 7.90. The number of carbonyl (C=O) groups is 2. The first-order valence-corrected chi connectivity index (χ1v) is 10.2. The van der Waals surface area contributed by atoms with Crippen molar-refractivity contribution >= 4 is 27.3 Å². The Bertz CT molecular complexity index is 907. The van der Waals surface area contributed by atoms with Crippen molar-refractivity contribution in [2.45, 2.75) is 31.2 Å². The number of benzene rings is 2. The van der Waals surface area contributed by atoms with Crippen LogP contribution < -0.4 is 10.6 Å². The summed E-state index contributed by atoms with van der Waals surface area (Å²) in [7, 11) is -3.37. The Labute approximate surface area is 153 Å². The Morgan fingerprint density at radius 2 is 1.77 bits per heavy atom. The van der Waals surface area contributed by atoms with Gasteiger partial charge in [0.2, 0.25) is 5.91 Å². The standard InChI is InChI=1S/C19H22N2O4S/c1-3-6-18(22)21-16-9-4-7-14(11-16)13-20-19(23)15-8-5-10-17(12-15)26(2,24)25/h4-5,7-12H,3,6,13H2,1-2H3,(H,20,23)(H,21,22). The Hall–Kier alpha value is -2.67. The third kappa shape index (κ3) is 5.70. The molecule has 2 N–H and O–H groups in total. The molecule has 0 aliphatic carbocycles. The highest BCUT2D eigenvalue weighted by atomic mass is 32.2. The summed E-state index contributed by atoms with van der Waals surface area (Å²) in [6, 6.07) is 13.1. The van der Waals surface area contributed by atoms with Crippen LogP contribution in [0.1, 0.15) is 35.7 Å². The van der Waals surface area contributed by atoms with Gasteiger partial charge in [0.05, 0.1) is 4.90 Å². The zero-order valence-corrected chi connectivity index (χ0v) is 15.6. The van der Waals surface area contributed by atoms with Gasteiger partial charge in [0, 0.05) is 30.5 Å². The molecule has 0 radical (unpaired) electrons. The van der Waals surface area contributed by atoms with E-state index in [9.17, 15) is 18.0 Å². The maximum absolute atomic E-state index is 12.3. The Kier molecular flexibility index (Phi) is 6.52. The number of carbonyl (C=O) groups excluding carboxylic acids is 2. The van der Waals surface area contributed by atoms with Crippen molar-refractivity contribution in [3.63, 3.8) is 0 Å². The topological polar surface area (TPSA) is 92.3 Å². The van der Waals surface area contributed by atoms with E-state index in [-0.39, 0.29) is 28.8 Å². The van der Waals surface area contributed by atoms with Crippen molar-refractivity contribution < 1.29 is 18.0 Å². The predicted molar refractivity (Wildman–Crippen MR) is 101 cm³/mol. The lowest BCUT2D eigenvalue weighted by atomic mass is 10.1. The zero-order valence-electron chi connectivity index (χ0n) is 14.8. The lowest BCUT2D eigenvalue weighted by Crippen LogP contribution is -2.23. The summed E-state index contributed by atoms with van der Waals surface area (Å²) in [6.07, 6.45) is 2.33. The number of amides is 2. The average molecular weight is 374 g/mol. The van der Waals surface area contributed by atoms with Crippen LogP contribution in [0.4, 0.5) is 5.69 Å². The molecule has 2 aromatic rings. The van der Waals surface area contributed by atoms with Gasteiger partial charge in [0.25, 0.3) is 5.91 Å². The molecule has 2 amide bonds. The van der Waals surface area contributed by atoms with E-state index in [1.165, 1.54) is 18.2 Å². The van der Waals surface area contributed by atoms with Crippen LogP contribution in [0.2, 0.25) is 0 Å². The Morgan fingerprint density at radius 3 is 2.46 bits per heavy atom. The number of anilines is 1. The lowest BCUT2D eigenvalue weighted by Gasteiger charge is -2.09. The van der Waals surface area contributed by atoms with Crippen LogP contribution in [-0.2, 0) is 21.2 Å². The lowest BCUT2D eigenvalue weighted by molar-refractivity contribution is -0.116. The maximum atomic E-state index is 12.3. The van der Waals surface area contributed by atoms with Gasteiger partial charge in [-0.05, 0) is 42.3 Å². The van der Waals surface area contributed by atoms with Gasteiger partial charge in [-0.3, -0.25) is 9.59 Å². The van der Waals surface area contributed by atoms with Crippen molar-refractivity contribution in [3.8, 4) is 0 Å². The zero-order chi connectivity index (χ0) is 19.2. The van der Waals surface area contributed by atoms with E-state index in [0.717, 1.165) is 18.2 Å². The van der Waals surface area contributed by atoms with Gasteiger partial charge in [0.1, 0.15) is 0 Å². The van der Waals surface area contributed by atoms with Gasteiger partial charge in [-0.1, -0.05) is 25.1 Å². The first kappa shape index (κ1) is 19.7. The summed E-state index contributed by atoms with van der Waals surface area (Å²) in [6.45, 7) is 2.20. The molecule has 0 bridgehead atoms. The molecule has 6 nitrogen and oxygen atoms in total. The van der Waals surface area contributed by atoms with E-state index < -0.39 is 9.84 Å². The number of rotatable bonds is 7. The first-order chi connectivity index (χ1) is 12.3. The molecule has 2 rings (SSSR count). The molecule has 0 heterocycles. The summed E-state index contributed by atoms with van der Waals surface area (Å²) >= 11 is 0. The third-order valence-electron chi connectivity index (χ3n) is 3.67. The van der Waals surface area contributed by atoms with Crippen molar-refractivity contribution in [2.24, 2.45) is 0 Å². The fraction of sp³-hybridized carbons (Fsp3) is 0.263. The summed E-state index contributed by atoms with van der Waals surface area (Å²) in [5.74, 6) is -0.415. The molecule has 138 valence electrons. The molecule has 0 aromatic heterocycles. The quantitative estimate of drug-likeness (QED) is 0.779. The molecule has 7 heteroatoms. The van der Waals surface area contributed by atoms with Crippen LogP contribution in [0.25, 0.3) is 0 Å². The average Bonchev–Trinajstić information content (AvgIpc) is 2.59. The molecule has 0 atom stereocenters. The SMILES string of the molecule is CCCC(=O)Nc1cccc(CNC(=O)c2cccc(S(C)(=O)=O)c2)c1. The highest BCUT2D eigenvalue weighted by Gasteiger charge is 2.11. The van der Waals surface area contributed by atoms with Gasteiger partial charge in [-0.15, -0.1) is 0 Å². The highest BCUT2D eigenvalue weighted by Crippen LogP contribution is 2.13. The van der Waals surface area contributed by atoms with E-state index in [0.29, 0.717) is 12.1 Å². The van der Waals surface area contributed by atoms with Crippen LogP contribution in [-0.4, -0.2) is 26.5 Å². The smallest absolute Gasteiger partial charge is 0.251 e. The maximum Gasteiger partial charge on any atom is 0.251 e. The van der Waals surface area contributed by atoms with Crippen molar-refractivity contribution in [1.29, 1.82) is 0 Å². The number of hydrogen-bond acceptors (Lipinski definition) is 4. The van der Waals surface area contributed by atoms with Gasteiger partial charge in [-0.25, -0.2) is 8.42 Å². The summed E-state index contributed by atoms with van der Waals surface area (Å²) in [4.78, 5) is 24.0. The molecule has 0 saturated carbocycles. The van der Waals surface area contributed by atoms with Gasteiger partial charge < -0.3 is 10.6 Å². The van der Waals surface area contributed by atoms with Crippen molar-refractivity contribution in [1.82, 2.24) is 5.32 Å². The van der Waals surface area contributed by atoms with Gasteiger partial charge in [0.15, 0.2) is 9.84 Å². The predicted octanol–water partition coefficient (Wildman–Crippen LogP) is 2.76. The molecule has 26 heavy (non-hydrogen) atoms. The molecular formula is C19H22N2O4S. The molecule has 2 aromatic carbocycles. The number of nitrogens with one attached hydrogen (secondary N) is 2. The molecule has 0 saturated heterocycles. The van der Waals surface area contributed by atoms with E-state index in [1.54, 1.807) is 24.3 Å². The molecule has 0 aliphatic heterocycles. The molecule has 0 spiro atoms. The van der Waals surface area contributed by atoms with Crippen LogP contribution in [0.3, 0.4) is 0 Å². The van der Waals surface area contributed by atoms with E-state index in [1.807, 2.05) is 13.0 Å². The second-order valence-corrected chi connectivity index (χ2v) is 8.00. The second kappa shape index (κ2) is 8.62. The first-order valence-electron chi connectivity index (χ1n) is 8.26. The van der Waals surface area contributed by atoms with Crippen LogP contribution >= 0.6 is 0 Å². The van der Waals surface area contributed by atoms with E-state index in [2.05, 4.69) is 10.6 Å². The van der Waals surface area contributed by atoms with Crippen molar-refractivity contribution in [2.75, 3.05) is 11.6 Å². The summed E-state index contributed by atoms with van der Waals surface area (Å²) in [5.41, 5.74) is 1.78. The summed E-state index contributed by atoms with van der Waals surface area (Å²) in [5, 5.41) is 5.56. The minimum Gasteiger partial charge on any atom is -0.348 e. The van der Waals surface area contributed by atoms with Crippen LogP contribution in [0.15, 0.2) is 53.4 Å². The number of hydrogen-bond donors (Lipinski definition) is 2. The van der Waals surface area contributed by atoms with Gasteiger partial charge in [-0.2, -0.15) is 0 Å². The van der Waals surface area contributed by atoms with Crippen LogP contribution in [0.5, 0.6) is 0 Å². The fourth-order valence-electron chi connectivity index (χ4n) is 2.36. The molecule has 0 fully saturated rings. The monoisotopic (exact) mass is 374 g/mol. The van der Waals surface area contributed by atoms with E-state index in [4.69, 9.17) is 0 Å². The second-order valence-electron chi connectivity index (χ2n) is 5.98. The molecule has 0 unspecified atom stereocenters. The normalized spacial score (nSPS) is 11.0. The largest absolute Gasteiger partial charge is 0.348 e. The minimum atomic E-state index is -3.37. The fourth-order valence-corrected chi connectivity index (χ4v) is 3.03. The van der Waals surface area contributed by atoms with E-state index >= 15 is 0 Å². The Morgan fingerprint density at radius 1 is 1.04 bits per heavy atom. The molecular weight excluding hydrogens is 352 g/mol. The van der Waals surface area contributed by atoms with Crippen LogP contribution in [0, 0.1) is 0 Å². The third-order valence-corrected chi connectivity index (χ3v) is 4.78.